The standard InChI is InChI=1S/C11H10ClN3OS/c1-7(9-3-2-4-17-9)15-11-8(5-16)10(12)13-6-14-11/h2-7H,1H3,(H,13,14,15). The maximum atomic E-state index is 10.9. The summed E-state index contributed by atoms with van der Waals surface area (Å²) in [6, 6.07) is 4.07. The quantitative estimate of drug-likeness (QED) is 0.683. The van der Waals surface area contributed by atoms with Crippen LogP contribution in [0.2, 0.25) is 5.15 Å². The fourth-order valence-electron chi connectivity index (χ4n) is 1.41. The van der Waals surface area contributed by atoms with Crippen LogP contribution in [0.3, 0.4) is 0 Å². The van der Waals surface area contributed by atoms with E-state index in [1.165, 1.54) is 6.33 Å². The molecular formula is C11H10ClN3OS. The highest BCUT2D eigenvalue weighted by Gasteiger charge is 2.12. The van der Waals surface area contributed by atoms with E-state index in [1.807, 2.05) is 24.4 Å². The van der Waals surface area contributed by atoms with Crippen LogP contribution in [0.1, 0.15) is 28.2 Å². The number of nitrogens with zero attached hydrogens (tertiary/aromatic N) is 2. The van der Waals surface area contributed by atoms with E-state index >= 15 is 0 Å². The molecular weight excluding hydrogens is 258 g/mol. The van der Waals surface area contributed by atoms with E-state index < -0.39 is 0 Å². The van der Waals surface area contributed by atoms with Gasteiger partial charge < -0.3 is 5.32 Å². The fourth-order valence-corrected chi connectivity index (χ4v) is 2.32. The number of thiophene rings is 1. The topological polar surface area (TPSA) is 54.9 Å². The maximum Gasteiger partial charge on any atom is 0.156 e. The summed E-state index contributed by atoms with van der Waals surface area (Å²) in [4.78, 5) is 19.9. The number of carbonyl (C=O) groups is 1. The Morgan fingerprint density at radius 1 is 1.53 bits per heavy atom. The molecule has 0 aliphatic rings. The fraction of sp³-hybridized carbons (Fsp3) is 0.182. The lowest BCUT2D eigenvalue weighted by Crippen LogP contribution is -2.09. The average molecular weight is 268 g/mol. The highest BCUT2D eigenvalue weighted by atomic mass is 35.5. The smallest absolute Gasteiger partial charge is 0.156 e. The largest absolute Gasteiger partial charge is 0.362 e. The molecule has 0 saturated heterocycles. The van der Waals surface area contributed by atoms with Gasteiger partial charge in [-0.15, -0.1) is 11.3 Å². The molecule has 2 rings (SSSR count). The molecule has 2 aromatic rings. The number of rotatable bonds is 4. The van der Waals surface area contributed by atoms with Crippen LogP contribution in [0.4, 0.5) is 5.82 Å². The van der Waals surface area contributed by atoms with E-state index in [9.17, 15) is 4.79 Å². The lowest BCUT2D eigenvalue weighted by atomic mass is 10.2. The molecule has 0 aliphatic carbocycles. The molecule has 17 heavy (non-hydrogen) atoms. The van der Waals surface area contributed by atoms with Crippen LogP contribution >= 0.6 is 22.9 Å². The van der Waals surface area contributed by atoms with Gasteiger partial charge in [-0.1, -0.05) is 17.7 Å². The number of nitrogens with one attached hydrogen (secondary N) is 1. The second kappa shape index (κ2) is 5.25. The van der Waals surface area contributed by atoms with Gasteiger partial charge in [0.05, 0.1) is 11.6 Å². The summed E-state index contributed by atoms with van der Waals surface area (Å²) in [5, 5.41) is 5.31. The SMILES string of the molecule is CC(Nc1ncnc(Cl)c1C=O)c1cccs1. The number of halogens is 1. The Hall–Kier alpha value is -1.46. The highest BCUT2D eigenvalue weighted by Crippen LogP contribution is 2.25. The monoisotopic (exact) mass is 267 g/mol. The second-order valence-corrected chi connectivity index (χ2v) is 4.76. The third kappa shape index (κ3) is 2.62. The first-order valence-electron chi connectivity index (χ1n) is 4.98. The molecule has 0 radical (unpaired) electrons. The number of aldehydes is 1. The van der Waals surface area contributed by atoms with Crippen molar-refractivity contribution in [3.05, 3.63) is 39.4 Å². The summed E-state index contributed by atoms with van der Waals surface area (Å²) in [6.45, 7) is 2.00. The van der Waals surface area contributed by atoms with E-state index in [0.29, 0.717) is 12.1 Å². The highest BCUT2D eigenvalue weighted by molar-refractivity contribution is 7.10. The zero-order valence-corrected chi connectivity index (χ0v) is 10.6. The molecule has 1 atom stereocenters. The van der Waals surface area contributed by atoms with E-state index in [-0.39, 0.29) is 16.8 Å². The van der Waals surface area contributed by atoms with Gasteiger partial charge in [0.25, 0.3) is 0 Å². The Morgan fingerprint density at radius 3 is 3.00 bits per heavy atom. The van der Waals surface area contributed by atoms with E-state index in [0.717, 1.165) is 4.88 Å². The van der Waals surface area contributed by atoms with Crippen LogP contribution in [0.25, 0.3) is 0 Å². The van der Waals surface area contributed by atoms with Gasteiger partial charge in [0.1, 0.15) is 17.3 Å². The first-order valence-corrected chi connectivity index (χ1v) is 6.23. The predicted octanol–water partition coefficient (Wildman–Crippen LogP) is 3.18. The molecule has 1 unspecified atom stereocenters. The Morgan fingerprint density at radius 2 is 2.35 bits per heavy atom. The molecule has 0 spiro atoms. The van der Waals surface area contributed by atoms with Gasteiger partial charge >= 0.3 is 0 Å². The molecule has 88 valence electrons. The first-order chi connectivity index (χ1) is 8.22. The van der Waals surface area contributed by atoms with Crippen molar-refractivity contribution < 1.29 is 4.79 Å². The number of carbonyl (C=O) groups excluding carboxylic acids is 1. The Bertz CT molecular complexity index is 515. The number of aromatic nitrogens is 2. The molecule has 4 nitrogen and oxygen atoms in total. The predicted molar refractivity (Wildman–Crippen MR) is 68.8 cm³/mol. The van der Waals surface area contributed by atoms with Crippen molar-refractivity contribution in [1.29, 1.82) is 0 Å². The lowest BCUT2D eigenvalue weighted by molar-refractivity contribution is 0.112. The summed E-state index contributed by atoms with van der Waals surface area (Å²) >= 11 is 7.46. The maximum absolute atomic E-state index is 10.9. The van der Waals surface area contributed by atoms with Crippen molar-refractivity contribution in [1.82, 2.24) is 9.97 Å². The van der Waals surface area contributed by atoms with E-state index in [4.69, 9.17) is 11.6 Å². The average Bonchev–Trinajstić information content (AvgIpc) is 2.82. The van der Waals surface area contributed by atoms with Gasteiger partial charge in [-0.25, -0.2) is 9.97 Å². The molecule has 1 N–H and O–H groups in total. The summed E-state index contributed by atoms with van der Waals surface area (Å²) < 4.78 is 0. The molecule has 0 amide bonds. The summed E-state index contributed by atoms with van der Waals surface area (Å²) in [7, 11) is 0. The molecule has 0 bridgehead atoms. The van der Waals surface area contributed by atoms with Gasteiger partial charge in [-0.3, -0.25) is 4.79 Å². The van der Waals surface area contributed by atoms with Crippen LogP contribution in [-0.4, -0.2) is 16.3 Å². The van der Waals surface area contributed by atoms with Crippen LogP contribution in [0, 0.1) is 0 Å². The van der Waals surface area contributed by atoms with Crippen molar-refractivity contribution in [2.75, 3.05) is 5.32 Å². The molecule has 6 heteroatoms. The normalized spacial score (nSPS) is 12.1. The minimum Gasteiger partial charge on any atom is -0.362 e. The van der Waals surface area contributed by atoms with Gasteiger partial charge in [0, 0.05) is 4.88 Å². The van der Waals surface area contributed by atoms with E-state index in [2.05, 4.69) is 15.3 Å². The summed E-state index contributed by atoms with van der Waals surface area (Å²) in [6.07, 6.45) is 1.99. The summed E-state index contributed by atoms with van der Waals surface area (Å²) in [5.41, 5.74) is 0.289. The van der Waals surface area contributed by atoms with Crippen molar-refractivity contribution in [2.24, 2.45) is 0 Å². The first kappa shape index (κ1) is 12.0. The molecule has 0 aromatic carbocycles. The minimum atomic E-state index is 0.0691. The van der Waals surface area contributed by atoms with Crippen LogP contribution < -0.4 is 5.32 Å². The van der Waals surface area contributed by atoms with Gasteiger partial charge in [0.15, 0.2) is 6.29 Å². The molecule has 2 aromatic heterocycles. The van der Waals surface area contributed by atoms with Gasteiger partial charge in [0.2, 0.25) is 0 Å². The number of anilines is 1. The van der Waals surface area contributed by atoms with Crippen molar-refractivity contribution in [3.8, 4) is 0 Å². The molecule has 0 saturated carbocycles. The number of hydrogen-bond acceptors (Lipinski definition) is 5. The van der Waals surface area contributed by atoms with Crippen molar-refractivity contribution >= 4 is 35.0 Å². The molecule has 2 heterocycles. The van der Waals surface area contributed by atoms with Crippen LogP contribution in [0.5, 0.6) is 0 Å². The zero-order chi connectivity index (χ0) is 12.3. The number of hydrogen-bond donors (Lipinski definition) is 1. The van der Waals surface area contributed by atoms with Crippen LogP contribution in [0.15, 0.2) is 23.8 Å². The third-order valence-electron chi connectivity index (χ3n) is 2.28. The third-order valence-corrected chi connectivity index (χ3v) is 3.63. The van der Waals surface area contributed by atoms with Crippen LogP contribution in [-0.2, 0) is 0 Å². The Balaban J connectivity index is 2.24. The Labute approximate surface area is 108 Å². The van der Waals surface area contributed by atoms with Crippen molar-refractivity contribution in [2.45, 2.75) is 13.0 Å². The van der Waals surface area contributed by atoms with Gasteiger partial charge in [-0.2, -0.15) is 0 Å². The summed E-state index contributed by atoms with van der Waals surface area (Å²) in [5.74, 6) is 0.459. The molecule has 0 aliphatic heterocycles. The second-order valence-electron chi connectivity index (χ2n) is 3.43. The van der Waals surface area contributed by atoms with Crippen molar-refractivity contribution in [3.63, 3.8) is 0 Å². The Kier molecular flexibility index (Phi) is 3.71. The zero-order valence-electron chi connectivity index (χ0n) is 9.05. The minimum absolute atomic E-state index is 0.0691. The van der Waals surface area contributed by atoms with E-state index in [1.54, 1.807) is 11.3 Å². The molecule has 0 fully saturated rings. The van der Waals surface area contributed by atoms with Gasteiger partial charge in [-0.05, 0) is 18.4 Å². The lowest BCUT2D eigenvalue weighted by Gasteiger charge is -2.14.